The van der Waals surface area contributed by atoms with Crippen molar-refractivity contribution in [3.05, 3.63) is 0 Å². The van der Waals surface area contributed by atoms with Crippen molar-refractivity contribution in [1.82, 2.24) is 4.90 Å². The number of nitrogens with zero attached hydrogens (tertiary/aromatic N) is 1. The number of carboxylic acid groups (broad SMARTS) is 1. The van der Waals surface area contributed by atoms with E-state index in [1.807, 2.05) is 20.8 Å². The molecule has 106 valence electrons. The monoisotopic (exact) mass is 259 g/mol. The Bertz CT molecular complexity index is 307. The molecule has 0 saturated heterocycles. The van der Waals surface area contributed by atoms with Crippen LogP contribution in [0.15, 0.2) is 0 Å². The molecule has 0 radical (unpaired) electrons. The first kappa shape index (κ1) is 16.7. The van der Waals surface area contributed by atoms with E-state index in [4.69, 9.17) is 4.74 Å². The van der Waals surface area contributed by atoms with Gasteiger partial charge in [0.2, 0.25) is 0 Å². The Morgan fingerprint density at radius 1 is 1.17 bits per heavy atom. The molecule has 1 N–H and O–H groups in total. The van der Waals surface area contributed by atoms with Gasteiger partial charge in [-0.2, -0.15) is 0 Å². The van der Waals surface area contributed by atoms with Crippen LogP contribution in [0.25, 0.3) is 0 Å². The number of carbonyl (C=O) groups excluding carboxylic acids is 1. The van der Waals surface area contributed by atoms with Crippen LogP contribution in [0, 0.1) is 11.8 Å². The van der Waals surface area contributed by atoms with Gasteiger partial charge in [-0.25, -0.2) is 9.59 Å². The zero-order valence-electron chi connectivity index (χ0n) is 12.4. The molecule has 0 saturated carbocycles. The van der Waals surface area contributed by atoms with Gasteiger partial charge in [-0.3, -0.25) is 4.90 Å². The molecule has 1 amide bonds. The molecule has 0 fully saturated rings. The first-order valence-corrected chi connectivity index (χ1v) is 6.16. The summed E-state index contributed by atoms with van der Waals surface area (Å²) in [6, 6.07) is -0.875. The smallest absolute Gasteiger partial charge is 0.410 e. The molecule has 2 atom stereocenters. The Labute approximate surface area is 109 Å². The van der Waals surface area contributed by atoms with E-state index in [2.05, 4.69) is 0 Å². The highest BCUT2D eigenvalue weighted by Gasteiger charge is 2.35. The molecule has 0 aliphatic rings. The van der Waals surface area contributed by atoms with Crippen LogP contribution in [-0.2, 0) is 9.53 Å². The van der Waals surface area contributed by atoms with E-state index in [9.17, 15) is 14.7 Å². The highest BCUT2D eigenvalue weighted by molar-refractivity contribution is 5.80. The average Bonchev–Trinajstić information content (AvgIpc) is 2.13. The summed E-state index contributed by atoms with van der Waals surface area (Å²) in [5.74, 6) is -0.999. The summed E-state index contributed by atoms with van der Waals surface area (Å²) in [6.07, 6.45) is -0.609. The Morgan fingerprint density at radius 3 is 1.89 bits per heavy atom. The lowest BCUT2D eigenvalue weighted by molar-refractivity contribution is -0.145. The fraction of sp³-hybridized carbons (Fsp3) is 0.846. The molecule has 0 bridgehead atoms. The summed E-state index contributed by atoms with van der Waals surface area (Å²) >= 11 is 0. The first-order valence-electron chi connectivity index (χ1n) is 6.16. The van der Waals surface area contributed by atoms with Crippen molar-refractivity contribution >= 4 is 12.1 Å². The summed E-state index contributed by atoms with van der Waals surface area (Å²) in [6.45, 7) is 10.9. The first-order chi connectivity index (χ1) is 7.97. The van der Waals surface area contributed by atoms with E-state index in [1.165, 1.54) is 7.05 Å². The zero-order chi connectivity index (χ0) is 14.7. The van der Waals surface area contributed by atoms with Crippen LogP contribution in [-0.4, -0.2) is 40.8 Å². The summed E-state index contributed by atoms with van der Waals surface area (Å²) in [5, 5.41) is 9.26. The van der Waals surface area contributed by atoms with Crippen molar-refractivity contribution in [3.63, 3.8) is 0 Å². The molecule has 18 heavy (non-hydrogen) atoms. The standard InChI is InChI=1S/C13H25NO4/c1-8(2)9(3)10(11(15)16)14(7)12(17)18-13(4,5)6/h8-10H,1-7H3,(H,15,16)/t9-,10-/m0/s1. The van der Waals surface area contributed by atoms with Gasteiger partial charge in [0, 0.05) is 7.05 Å². The predicted octanol–water partition coefficient (Wildman–Crippen LogP) is 2.60. The minimum Gasteiger partial charge on any atom is -0.480 e. The van der Waals surface area contributed by atoms with Crippen LogP contribution < -0.4 is 0 Å². The van der Waals surface area contributed by atoms with Gasteiger partial charge in [0.05, 0.1) is 0 Å². The lowest BCUT2D eigenvalue weighted by Crippen LogP contribution is -2.49. The fourth-order valence-corrected chi connectivity index (χ4v) is 1.56. The number of hydrogen-bond acceptors (Lipinski definition) is 3. The van der Waals surface area contributed by atoms with Crippen LogP contribution in [0.1, 0.15) is 41.5 Å². The maximum absolute atomic E-state index is 11.9. The molecular formula is C13H25NO4. The third-order valence-corrected chi connectivity index (χ3v) is 2.90. The van der Waals surface area contributed by atoms with E-state index in [0.29, 0.717) is 0 Å². The molecule has 0 aromatic carbocycles. The minimum atomic E-state index is -1.01. The van der Waals surface area contributed by atoms with Crippen LogP contribution in [0.3, 0.4) is 0 Å². The molecule has 0 heterocycles. The SMILES string of the molecule is CC(C)[C@H](C)[C@@H](C(=O)O)N(C)C(=O)OC(C)(C)C. The minimum absolute atomic E-state index is 0.153. The summed E-state index contributed by atoms with van der Waals surface area (Å²) in [5.41, 5.74) is -0.629. The number of hydrogen-bond donors (Lipinski definition) is 1. The summed E-state index contributed by atoms with van der Waals surface area (Å²) < 4.78 is 5.18. The van der Waals surface area contributed by atoms with Crippen molar-refractivity contribution in [1.29, 1.82) is 0 Å². The van der Waals surface area contributed by atoms with Gasteiger partial charge in [0.1, 0.15) is 11.6 Å². The molecule has 0 aliphatic carbocycles. The molecule has 0 spiro atoms. The number of amides is 1. The molecule has 5 heteroatoms. The second-order valence-electron chi connectivity index (χ2n) is 5.98. The van der Waals surface area contributed by atoms with Crippen LogP contribution in [0.4, 0.5) is 4.79 Å². The van der Waals surface area contributed by atoms with Crippen molar-refractivity contribution < 1.29 is 19.4 Å². The van der Waals surface area contributed by atoms with Crippen molar-refractivity contribution in [3.8, 4) is 0 Å². The third-order valence-electron chi connectivity index (χ3n) is 2.90. The molecule has 0 aromatic heterocycles. The van der Waals surface area contributed by atoms with Crippen LogP contribution >= 0.6 is 0 Å². The van der Waals surface area contributed by atoms with Crippen molar-refractivity contribution in [2.45, 2.75) is 53.2 Å². The number of aliphatic carboxylic acids is 1. The Morgan fingerprint density at radius 2 is 1.61 bits per heavy atom. The number of rotatable bonds is 4. The van der Waals surface area contributed by atoms with E-state index in [0.717, 1.165) is 4.90 Å². The second-order valence-corrected chi connectivity index (χ2v) is 5.98. The Balaban J connectivity index is 4.93. The van der Waals surface area contributed by atoms with Gasteiger partial charge >= 0.3 is 12.1 Å². The zero-order valence-corrected chi connectivity index (χ0v) is 12.4. The highest BCUT2D eigenvalue weighted by Crippen LogP contribution is 2.21. The molecule has 0 aliphatic heterocycles. The normalized spacial score (nSPS) is 15.1. The Hall–Kier alpha value is -1.26. The number of ether oxygens (including phenoxy) is 1. The van der Waals surface area contributed by atoms with Crippen molar-refractivity contribution in [2.24, 2.45) is 11.8 Å². The molecule has 0 rings (SSSR count). The second kappa shape index (κ2) is 6.07. The molecule has 0 aromatic rings. The topological polar surface area (TPSA) is 66.8 Å². The lowest BCUT2D eigenvalue weighted by atomic mass is 9.89. The molecule has 0 unspecified atom stereocenters. The van der Waals surface area contributed by atoms with Gasteiger partial charge in [-0.1, -0.05) is 20.8 Å². The van der Waals surface area contributed by atoms with Gasteiger partial charge < -0.3 is 9.84 Å². The number of likely N-dealkylation sites (N-methyl/N-ethyl adjacent to an activating group) is 1. The van der Waals surface area contributed by atoms with E-state index < -0.39 is 23.7 Å². The van der Waals surface area contributed by atoms with Gasteiger partial charge in [0.15, 0.2) is 0 Å². The van der Waals surface area contributed by atoms with E-state index in [-0.39, 0.29) is 11.8 Å². The molecular weight excluding hydrogens is 234 g/mol. The van der Waals surface area contributed by atoms with E-state index >= 15 is 0 Å². The molecule has 5 nitrogen and oxygen atoms in total. The lowest BCUT2D eigenvalue weighted by Gasteiger charge is -2.33. The maximum Gasteiger partial charge on any atom is 0.410 e. The quantitative estimate of drug-likeness (QED) is 0.842. The fourth-order valence-electron chi connectivity index (χ4n) is 1.56. The van der Waals surface area contributed by atoms with Gasteiger partial charge in [0.25, 0.3) is 0 Å². The number of carboxylic acids is 1. The largest absolute Gasteiger partial charge is 0.480 e. The van der Waals surface area contributed by atoms with Crippen molar-refractivity contribution in [2.75, 3.05) is 7.05 Å². The Kier molecular flexibility index (Phi) is 5.64. The van der Waals surface area contributed by atoms with Gasteiger partial charge in [-0.05, 0) is 32.6 Å². The van der Waals surface area contributed by atoms with E-state index in [1.54, 1.807) is 20.8 Å². The predicted molar refractivity (Wildman–Crippen MR) is 69.4 cm³/mol. The average molecular weight is 259 g/mol. The third kappa shape index (κ3) is 4.94. The highest BCUT2D eigenvalue weighted by atomic mass is 16.6. The van der Waals surface area contributed by atoms with Crippen LogP contribution in [0.5, 0.6) is 0 Å². The van der Waals surface area contributed by atoms with Crippen LogP contribution in [0.2, 0.25) is 0 Å². The number of carbonyl (C=O) groups is 2. The summed E-state index contributed by atoms with van der Waals surface area (Å²) in [4.78, 5) is 24.3. The summed E-state index contributed by atoms with van der Waals surface area (Å²) in [7, 11) is 1.46. The van der Waals surface area contributed by atoms with Gasteiger partial charge in [-0.15, -0.1) is 0 Å². The maximum atomic E-state index is 11.9.